The fourth-order valence-electron chi connectivity index (χ4n) is 1.15. The second-order valence-electron chi connectivity index (χ2n) is 2.81. The molecule has 0 heterocycles. The number of aliphatic hydroxyl groups is 1. The van der Waals surface area contributed by atoms with E-state index in [1.807, 2.05) is 18.2 Å². The summed E-state index contributed by atoms with van der Waals surface area (Å²) in [4.78, 5) is 0. The van der Waals surface area contributed by atoms with E-state index in [0.717, 1.165) is 24.8 Å². The Morgan fingerprint density at radius 2 is 1.83 bits per heavy atom. The highest BCUT2D eigenvalue weighted by Gasteiger charge is 1.97. The van der Waals surface area contributed by atoms with Crippen LogP contribution in [0.25, 0.3) is 0 Å². The second-order valence-corrected chi connectivity index (χ2v) is 2.81. The quantitative estimate of drug-likeness (QED) is 0.668. The van der Waals surface area contributed by atoms with Crippen LogP contribution in [0.3, 0.4) is 0 Å². The van der Waals surface area contributed by atoms with E-state index in [2.05, 4.69) is 0 Å². The zero-order valence-electron chi connectivity index (χ0n) is 7.03. The van der Waals surface area contributed by atoms with Gasteiger partial charge in [0, 0.05) is 6.61 Å². The van der Waals surface area contributed by atoms with Crippen molar-refractivity contribution in [3.05, 3.63) is 29.8 Å². The van der Waals surface area contributed by atoms with Gasteiger partial charge in [-0.1, -0.05) is 18.2 Å². The summed E-state index contributed by atoms with van der Waals surface area (Å²) in [5, 5.41) is 17.9. The van der Waals surface area contributed by atoms with Crippen molar-refractivity contribution in [2.24, 2.45) is 0 Å². The van der Waals surface area contributed by atoms with Gasteiger partial charge in [0.1, 0.15) is 5.75 Å². The van der Waals surface area contributed by atoms with Crippen LogP contribution < -0.4 is 0 Å². The normalized spacial score (nSPS) is 10.1. The van der Waals surface area contributed by atoms with Crippen molar-refractivity contribution in [2.75, 3.05) is 6.61 Å². The van der Waals surface area contributed by atoms with Gasteiger partial charge in [-0.15, -0.1) is 0 Å². The number of phenols is 1. The molecule has 0 aliphatic rings. The van der Waals surface area contributed by atoms with E-state index in [-0.39, 0.29) is 6.61 Å². The molecule has 0 radical (unpaired) electrons. The van der Waals surface area contributed by atoms with Gasteiger partial charge < -0.3 is 10.2 Å². The van der Waals surface area contributed by atoms with Crippen LogP contribution in [0, 0.1) is 0 Å². The minimum atomic E-state index is 0.230. The molecule has 0 amide bonds. The number of aliphatic hydroxyl groups excluding tert-OH is 1. The lowest BCUT2D eigenvalue weighted by atomic mass is 10.1. The molecule has 0 unspecified atom stereocenters. The number of rotatable bonds is 4. The Hall–Kier alpha value is -1.02. The molecule has 0 aliphatic heterocycles. The molecular formula is C10H14O2. The molecule has 2 heteroatoms. The van der Waals surface area contributed by atoms with Crippen molar-refractivity contribution >= 4 is 0 Å². The van der Waals surface area contributed by atoms with Crippen LogP contribution in [-0.4, -0.2) is 16.8 Å². The fourth-order valence-corrected chi connectivity index (χ4v) is 1.15. The molecule has 0 saturated carbocycles. The van der Waals surface area contributed by atoms with Crippen molar-refractivity contribution in [2.45, 2.75) is 19.3 Å². The first kappa shape index (κ1) is 9.07. The maximum absolute atomic E-state index is 9.35. The summed E-state index contributed by atoms with van der Waals surface area (Å²) in [7, 11) is 0. The van der Waals surface area contributed by atoms with Crippen LogP contribution in [-0.2, 0) is 6.42 Å². The van der Waals surface area contributed by atoms with Crippen molar-refractivity contribution < 1.29 is 10.2 Å². The van der Waals surface area contributed by atoms with Gasteiger partial charge >= 0.3 is 0 Å². The van der Waals surface area contributed by atoms with E-state index >= 15 is 0 Å². The molecule has 0 saturated heterocycles. The molecule has 66 valence electrons. The highest BCUT2D eigenvalue weighted by Crippen LogP contribution is 2.17. The molecule has 0 aromatic heterocycles. The molecule has 2 N–H and O–H groups in total. The van der Waals surface area contributed by atoms with Gasteiger partial charge in [-0.25, -0.2) is 0 Å². The Morgan fingerprint density at radius 3 is 2.50 bits per heavy atom. The lowest BCUT2D eigenvalue weighted by molar-refractivity contribution is 0.284. The zero-order chi connectivity index (χ0) is 8.81. The SMILES string of the molecule is OCCCCc1ccccc1O. The average Bonchev–Trinajstić information content (AvgIpc) is 2.09. The molecule has 12 heavy (non-hydrogen) atoms. The fraction of sp³-hybridized carbons (Fsp3) is 0.400. The lowest BCUT2D eigenvalue weighted by Gasteiger charge is -2.02. The maximum atomic E-state index is 9.35. The molecule has 0 spiro atoms. The number of para-hydroxylation sites is 1. The summed E-state index contributed by atoms with van der Waals surface area (Å²) in [5.74, 6) is 0.357. The number of hydrogen-bond donors (Lipinski definition) is 2. The van der Waals surface area contributed by atoms with E-state index < -0.39 is 0 Å². The monoisotopic (exact) mass is 166 g/mol. The predicted octanol–water partition coefficient (Wildman–Crippen LogP) is 1.71. The van der Waals surface area contributed by atoms with Gasteiger partial charge in [-0.2, -0.15) is 0 Å². The van der Waals surface area contributed by atoms with Crippen LogP contribution in [0.4, 0.5) is 0 Å². The Morgan fingerprint density at radius 1 is 1.08 bits per heavy atom. The topological polar surface area (TPSA) is 40.5 Å². The first-order chi connectivity index (χ1) is 5.84. The molecule has 1 aromatic carbocycles. The third-order valence-corrected chi connectivity index (χ3v) is 1.85. The van der Waals surface area contributed by atoms with Crippen molar-refractivity contribution in [3.63, 3.8) is 0 Å². The minimum Gasteiger partial charge on any atom is -0.508 e. The second kappa shape index (κ2) is 4.78. The van der Waals surface area contributed by atoms with Crippen LogP contribution in [0.2, 0.25) is 0 Å². The molecule has 0 bridgehead atoms. The first-order valence-corrected chi connectivity index (χ1v) is 4.22. The molecule has 0 aliphatic carbocycles. The van der Waals surface area contributed by atoms with E-state index in [1.54, 1.807) is 6.07 Å². The summed E-state index contributed by atoms with van der Waals surface area (Å²) >= 11 is 0. The Balaban J connectivity index is 2.46. The van der Waals surface area contributed by atoms with Crippen LogP contribution in [0.1, 0.15) is 18.4 Å². The molecule has 0 atom stereocenters. The maximum Gasteiger partial charge on any atom is 0.118 e. The van der Waals surface area contributed by atoms with Crippen molar-refractivity contribution in [3.8, 4) is 5.75 Å². The summed E-state index contributed by atoms with van der Waals surface area (Å²) in [6, 6.07) is 7.32. The number of unbranched alkanes of at least 4 members (excludes halogenated alkanes) is 1. The van der Waals surface area contributed by atoms with Crippen LogP contribution in [0.5, 0.6) is 5.75 Å². The van der Waals surface area contributed by atoms with Gasteiger partial charge in [0.05, 0.1) is 0 Å². The van der Waals surface area contributed by atoms with E-state index in [1.165, 1.54) is 0 Å². The molecule has 2 nitrogen and oxygen atoms in total. The number of benzene rings is 1. The molecule has 0 fully saturated rings. The van der Waals surface area contributed by atoms with E-state index in [9.17, 15) is 5.11 Å². The van der Waals surface area contributed by atoms with E-state index in [4.69, 9.17) is 5.11 Å². The average molecular weight is 166 g/mol. The van der Waals surface area contributed by atoms with Crippen LogP contribution in [0.15, 0.2) is 24.3 Å². The summed E-state index contributed by atoms with van der Waals surface area (Å²) in [6.07, 6.45) is 2.57. The number of aryl methyl sites for hydroxylation is 1. The van der Waals surface area contributed by atoms with Gasteiger partial charge in [0.15, 0.2) is 0 Å². The smallest absolute Gasteiger partial charge is 0.118 e. The van der Waals surface area contributed by atoms with Gasteiger partial charge in [0.25, 0.3) is 0 Å². The Bertz CT molecular complexity index is 233. The minimum absolute atomic E-state index is 0.230. The number of hydrogen-bond acceptors (Lipinski definition) is 2. The predicted molar refractivity (Wildman–Crippen MR) is 48.1 cm³/mol. The summed E-state index contributed by atoms with van der Waals surface area (Å²) in [6.45, 7) is 0.230. The summed E-state index contributed by atoms with van der Waals surface area (Å²) < 4.78 is 0. The van der Waals surface area contributed by atoms with E-state index in [0.29, 0.717) is 5.75 Å². The van der Waals surface area contributed by atoms with Crippen LogP contribution >= 0.6 is 0 Å². The number of phenolic OH excluding ortho intramolecular Hbond substituents is 1. The number of aromatic hydroxyl groups is 1. The third-order valence-electron chi connectivity index (χ3n) is 1.85. The highest BCUT2D eigenvalue weighted by molar-refractivity contribution is 5.31. The summed E-state index contributed by atoms with van der Waals surface area (Å²) in [5.41, 5.74) is 0.964. The first-order valence-electron chi connectivity index (χ1n) is 4.22. The molecular weight excluding hydrogens is 152 g/mol. The molecule has 1 aromatic rings. The molecule has 1 rings (SSSR count). The lowest BCUT2D eigenvalue weighted by Crippen LogP contribution is -1.88. The third kappa shape index (κ3) is 2.55. The Labute approximate surface area is 72.5 Å². The van der Waals surface area contributed by atoms with Crippen molar-refractivity contribution in [1.29, 1.82) is 0 Å². The Kier molecular flexibility index (Phi) is 3.61. The largest absolute Gasteiger partial charge is 0.508 e. The standard InChI is InChI=1S/C10H14O2/c11-8-4-3-6-9-5-1-2-7-10(9)12/h1-2,5,7,11-12H,3-4,6,8H2. The van der Waals surface area contributed by atoms with Crippen molar-refractivity contribution in [1.82, 2.24) is 0 Å². The van der Waals surface area contributed by atoms with Gasteiger partial charge in [-0.05, 0) is 30.9 Å². The van der Waals surface area contributed by atoms with Gasteiger partial charge in [-0.3, -0.25) is 0 Å². The van der Waals surface area contributed by atoms with Gasteiger partial charge in [0.2, 0.25) is 0 Å². The zero-order valence-corrected chi connectivity index (χ0v) is 7.03. The highest BCUT2D eigenvalue weighted by atomic mass is 16.3.